The zero-order valence-electron chi connectivity index (χ0n) is 12.3. The van der Waals surface area contributed by atoms with Gasteiger partial charge < -0.3 is 0 Å². The third-order valence-corrected chi connectivity index (χ3v) is 4.76. The van der Waals surface area contributed by atoms with Crippen molar-refractivity contribution in [2.45, 2.75) is 6.54 Å². The number of rotatable bonds is 4. The zero-order chi connectivity index (χ0) is 17.1. The minimum absolute atomic E-state index is 0.0445. The highest BCUT2D eigenvalue weighted by Crippen LogP contribution is 2.34. The van der Waals surface area contributed by atoms with Crippen LogP contribution in [-0.2, 0) is 11.3 Å². The van der Waals surface area contributed by atoms with Gasteiger partial charge in [0, 0.05) is 18.5 Å². The fourth-order valence-corrected chi connectivity index (χ4v) is 3.47. The van der Waals surface area contributed by atoms with Crippen LogP contribution in [0.3, 0.4) is 0 Å². The number of aromatic nitrogens is 1. The molecule has 0 spiro atoms. The second kappa shape index (κ2) is 6.90. The molecule has 3 rings (SSSR count). The molecular formula is C16H11N3O3S2. The Morgan fingerprint density at radius 1 is 1.25 bits per heavy atom. The van der Waals surface area contributed by atoms with Gasteiger partial charge in [0.1, 0.15) is 4.32 Å². The Kier molecular flexibility index (Phi) is 4.68. The maximum atomic E-state index is 12.6. The van der Waals surface area contributed by atoms with Gasteiger partial charge in [-0.05, 0) is 29.8 Å². The van der Waals surface area contributed by atoms with E-state index in [1.165, 1.54) is 17.0 Å². The van der Waals surface area contributed by atoms with Crippen molar-refractivity contribution in [1.82, 2.24) is 9.88 Å². The van der Waals surface area contributed by atoms with E-state index >= 15 is 0 Å². The molecule has 1 fully saturated rings. The van der Waals surface area contributed by atoms with Crippen molar-refractivity contribution in [2.24, 2.45) is 0 Å². The normalized spacial score (nSPS) is 16.0. The van der Waals surface area contributed by atoms with Crippen LogP contribution in [0.5, 0.6) is 0 Å². The summed E-state index contributed by atoms with van der Waals surface area (Å²) >= 11 is 6.42. The van der Waals surface area contributed by atoms with E-state index in [1.54, 1.807) is 30.6 Å². The van der Waals surface area contributed by atoms with Crippen molar-refractivity contribution in [2.75, 3.05) is 0 Å². The Hall–Kier alpha value is -2.58. The van der Waals surface area contributed by atoms with Crippen LogP contribution >= 0.6 is 24.0 Å². The van der Waals surface area contributed by atoms with Gasteiger partial charge >= 0.3 is 0 Å². The number of thiocarbonyl (C=S) groups is 1. The third kappa shape index (κ3) is 3.34. The lowest BCUT2D eigenvalue weighted by atomic mass is 10.1. The van der Waals surface area contributed by atoms with E-state index in [4.69, 9.17) is 12.2 Å². The summed E-state index contributed by atoms with van der Waals surface area (Å²) in [6.45, 7) is 0.349. The van der Waals surface area contributed by atoms with E-state index in [0.717, 1.165) is 17.3 Å². The van der Waals surface area contributed by atoms with E-state index in [9.17, 15) is 14.9 Å². The van der Waals surface area contributed by atoms with Crippen molar-refractivity contribution < 1.29 is 9.72 Å². The molecule has 0 aliphatic carbocycles. The largest absolute Gasteiger partial charge is 0.288 e. The number of nitro benzene ring substituents is 1. The number of pyridine rings is 1. The van der Waals surface area contributed by atoms with Crippen LogP contribution in [0.25, 0.3) is 6.08 Å². The molecule has 0 bridgehead atoms. The molecule has 0 unspecified atom stereocenters. The number of carbonyl (C=O) groups excluding carboxylic acids is 1. The molecule has 6 nitrogen and oxygen atoms in total. The lowest BCUT2D eigenvalue weighted by Crippen LogP contribution is -2.27. The number of benzene rings is 1. The fourth-order valence-electron chi connectivity index (χ4n) is 2.22. The summed E-state index contributed by atoms with van der Waals surface area (Å²) in [4.78, 5) is 29.0. The minimum atomic E-state index is -0.469. The summed E-state index contributed by atoms with van der Waals surface area (Å²) in [5.41, 5.74) is 1.25. The number of amides is 1. The van der Waals surface area contributed by atoms with Gasteiger partial charge in [-0.3, -0.25) is 24.8 Å². The van der Waals surface area contributed by atoms with Gasteiger partial charge in [0.15, 0.2) is 0 Å². The van der Waals surface area contributed by atoms with Crippen molar-refractivity contribution in [1.29, 1.82) is 0 Å². The predicted octanol–water partition coefficient (Wildman–Crippen LogP) is 3.39. The summed E-state index contributed by atoms with van der Waals surface area (Å²) < 4.78 is 0.432. The lowest BCUT2D eigenvalue weighted by molar-refractivity contribution is -0.385. The van der Waals surface area contributed by atoms with Crippen LogP contribution in [0.2, 0.25) is 0 Å². The molecule has 2 heterocycles. The first kappa shape index (κ1) is 16.3. The number of nitro groups is 1. The molecule has 0 radical (unpaired) electrons. The second-order valence-corrected chi connectivity index (χ2v) is 6.62. The predicted molar refractivity (Wildman–Crippen MR) is 96.0 cm³/mol. The molecule has 120 valence electrons. The van der Waals surface area contributed by atoms with Crippen LogP contribution in [0.4, 0.5) is 5.69 Å². The van der Waals surface area contributed by atoms with Gasteiger partial charge in [0.25, 0.3) is 11.6 Å². The van der Waals surface area contributed by atoms with Crippen LogP contribution < -0.4 is 0 Å². The third-order valence-electron chi connectivity index (χ3n) is 3.38. The Morgan fingerprint density at radius 3 is 2.67 bits per heavy atom. The molecule has 1 aliphatic heterocycles. The number of para-hydroxylation sites is 1. The van der Waals surface area contributed by atoms with Gasteiger partial charge in [0.05, 0.1) is 21.9 Å². The number of nitrogens with zero attached hydrogens (tertiary/aromatic N) is 3. The standard InChI is InChI=1S/C16H11N3O3S2/c20-15-14(9-12-3-1-2-4-13(12)19(21)22)24-16(23)18(15)10-11-5-7-17-8-6-11/h1-9H,10H2/b14-9-. The molecule has 1 aliphatic rings. The van der Waals surface area contributed by atoms with E-state index < -0.39 is 4.92 Å². The summed E-state index contributed by atoms with van der Waals surface area (Å²) in [5.74, 6) is -0.250. The Bertz CT molecular complexity index is 853. The summed E-state index contributed by atoms with van der Waals surface area (Å²) in [6, 6.07) is 9.91. The van der Waals surface area contributed by atoms with Gasteiger partial charge in [-0.25, -0.2) is 0 Å². The number of hydrogen-bond acceptors (Lipinski definition) is 6. The molecule has 8 heteroatoms. The second-order valence-electron chi connectivity index (χ2n) is 4.94. The molecule has 0 saturated carbocycles. The fraction of sp³-hybridized carbons (Fsp3) is 0.0625. The van der Waals surface area contributed by atoms with Crippen LogP contribution in [0.15, 0.2) is 53.7 Å². The maximum Gasteiger partial charge on any atom is 0.276 e. The van der Waals surface area contributed by atoms with E-state index in [2.05, 4.69) is 4.98 Å². The topological polar surface area (TPSA) is 76.3 Å². The SMILES string of the molecule is O=C1/C(=C/c2ccccc2[N+](=O)[O-])SC(=S)N1Cc1ccncc1. The highest BCUT2D eigenvalue weighted by Gasteiger charge is 2.32. The smallest absolute Gasteiger partial charge is 0.276 e. The molecular weight excluding hydrogens is 346 g/mol. The van der Waals surface area contributed by atoms with Crippen molar-refractivity contribution in [3.8, 4) is 0 Å². The van der Waals surface area contributed by atoms with Gasteiger partial charge in [-0.1, -0.05) is 36.1 Å². The quantitative estimate of drug-likeness (QED) is 0.361. The molecule has 1 aromatic carbocycles. The number of thioether (sulfide) groups is 1. The number of carbonyl (C=O) groups is 1. The molecule has 2 aromatic rings. The molecule has 24 heavy (non-hydrogen) atoms. The average Bonchev–Trinajstić information content (AvgIpc) is 2.84. The molecule has 1 amide bonds. The highest BCUT2D eigenvalue weighted by molar-refractivity contribution is 8.26. The minimum Gasteiger partial charge on any atom is -0.288 e. The molecule has 1 saturated heterocycles. The zero-order valence-corrected chi connectivity index (χ0v) is 13.9. The van der Waals surface area contributed by atoms with Gasteiger partial charge in [-0.15, -0.1) is 0 Å². The lowest BCUT2D eigenvalue weighted by Gasteiger charge is -2.14. The van der Waals surface area contributed by atoms with Crippen molar-refractivity contribution in [3.63, 3.8) is 0 Å². The van der Waals surface area contributed by atoms with E-state index in [1.807, 2.05) is 12.1 Å². The van der Waals surface area contributed by atoms with Crippen LogP contribution in [-0.4, -0.2) is 25.0 Å². The highest BCUT2D eigenvalue weighted by atomic mass is 32.2. The summed E-state index contributed by atoms with van der Waals surface area (Å²) in [6.07, 6.45) is 4.82. The Labute approximate surface area is 147 Å². The average molecular weight is 357 g/mol. The van der Waals surface area contributed by atoms with Gasteiger partial charge in [0.2, 0.25) is 0 Å². The Morgan fingerprint density at radius 2 is 1.96 bits per heavy atom. The van der Waals surface area contributed by atoms with Crippen molar-refractivity contribution in [3.05, 3.63) is 74.9 Å². The first-order chi connectivity index (χ1) is 11.6. The summed E-state index contributed by atoms with van der Waals surface area (Å²) in [7, 11) is 0. The number of hydrogen-bond donors (Lipinski definition) is 0. The Balaban J connectivity index is 1.88. The van der Waals surface area contributed by atoms with E-state index in [0.29, 0.717) is 21.3 Å². The van der Waals surface area contributed by atoms with Crippen molar-refractivity contribution >= 4 is 46.0 Å². The maximum absolute atomic E-state index is 12.6. The molecule has 0 atom stereocenters. The first-order valence-electron chi connectivity index (χ1n) is 6.94. The first-order valence-corrected chi connectivity index (χ1v) is 8.16. The van der Waals surface area contributed by atoms with Gasteiger partial charge in [-0.2, -0.15) is 0 Å². The molecule has 0 N–H and O–H groups in total. The monoisotopic (exact) mass is 357 g/mol. The van der Waals surface area contributed by atoms with E-state index in [-0.39, 0.29) is 11.6 Å². The molecule has 1 aromatic heterocycles. The summed E-state index contributed by atoms with van der Waals surface area (Å²) in [5, 5.41) is 11.1. The van der Waals surface area contributed by atoms with Crippen LogP contribution in [0, 0.1) is 10.1 Å². The van der Waals surface area contributed by atoms with Crippen LogP contribution in [0.1, 0.15) is 11.1 Å².